The quantitative estimate of drug-likeness (QED) is 0.235. The van der Waals surface area contributed by atoms with Crippen LogP contribution in [0.15, 0.2) is 70.2 Å². The van der Waals surface area contributed by atoms with E-state index in [1.807, 2.05) is 63.2 Å². The smallest absolute Gasteiger partial charge is 0.329 e. The van der Waals surface area contributed by atoms with Gasteiger partial charge >= 0.3 is 11.8 Å². The molecule has 0 unspecified atom stereocenters. The number of para-hydroxylation sites is 2. The number of carbonyl (C=O) groups excluding carboxylic acids is 3. The molecule has 9 heteroatoms. The van der Waals surface area contributed by atoms with Crippen molar-refractivity contribution in [1.29, 1.82) is 0 Å². The molecule has 0 fully saturated rings. The van der Waals surface area contributed by atoms with Gasteiger partial charge in [0.1, 0.15) is 5.75 Å². The first-order valence-corrected chi connectivity index (χ1v) is 11.5. The van der Waals surface area contributed by atoms with Crippen LogP contribution in [0.4, 0.5) is 11.4 Å². The summed E-state index contributed by atoms with van der Waals surface area (Å²) >= 11 is 3.38. The van der Waals surface area contributed by atoms with Gasteiger partial charge in [0.2, 0.25) is 0 Å². The molecular formula is C26H25BrN4O4. The minimum absolute atomic E-state index is 0.221. The van der Waals surface area contributed by atoms with Gasteiger partial charge in [0, 0.05) is 21.4 Å². The Morgan fingerprint density at radius 1 is 0.886 bits per heavy atom. The fourth-order valence-corrected chi connectivity index (χ4v) is 3.57. The van der Waals surface area contributed by atoms with E-state index in [-0.39, 0.29) is 12.5 Å². The second-order valence-corrected chi connectivity index (χ2v) is 8.67. The Bertz CT molecular complexity index is 1270. The van der Waals surface area contributed by atoms with E-state index in [4.69, 9.17) is 4.74 Å². The van der Waals surface area contributed by atoms with Gasteiger partial charge in [-0.3, -0.25) is 14.4 Å². The van der Waals surface area contributed by atoms with E-state index < -0.39 is 11.8 Å². The molecule has 0 radical (unpaired) electrons. The maximum Gasteiger partial charge on any atom is 0.329 e. The summed E-state index contributed by atoms with van der Waals surface area (Å²) in [4.78, 5) is 36.8. The zero-order chi connectivity index (χ0) is 25.4. The van der Waals surface area contributed by atoms with Gasteiger partial charge in [0.25, 0.3) is 5.91 Å². The van der Waals surface area contributed by atoms with Crippen molar-refractivity contribution in [1.82, 2.24) is 5.43 Å². The van der Waals surface area contributed by atoms with E-state index in [0.717, 1.165) is 21.2 Å². The van der Waals surface area contributed by atoms with Gasteiger partial charge in [-0.2, -0.15) is 5.10 Å². The van der Waals surface area contributed by atoms with Gasteiger partial charge in [-0.1, -0.05) is 52.3 Å². The topological polar surface area (TPSA) is 109 Å². The number of benzene rings is 3. The maximum absolute atomic E-state index is 12.3. The Morgan fingerprint density at radius 3 is 2.29 bits per heavy atom. The molecule has 0 spiro atoms. The summed E-state index contributed by atoms with van der Waals surface area (Å²) in [6, 6.07) is 18.1. The van der Waals surface area contributed by atoms with Gasteiger partial charge in [-0.25, -0.2) is 5.43 Å². The first-order valence-electron chi connectivity index (χ1n) is 10.7. The number of aryl methyl sites for hydroxylation is 3. The first-order chi connectivity index (χ1) is 16.7. The van der Waals surface area contributed by atoms with Crippen LogP contribution < -0.4 is 20.8 Å². The van der Waals surface area contributed by atoms with E-state index in [1.165, 1.54) is 6.21 Å². The van der Waals surface area contributed by atoms with Crippen LogP contribution in [0, 0.1) is 20.8 Å². The number of hydrogen-bond donors (Lipinski definition) is 3. The lowest BCUT2D eigenvalue weighted by molar-refractivity contribution is -0.136. The van der Waals surface area contributed by atoms with E-state index in [9.17, 15) is 14.4 Å². The molecule has 0 saturated carbocycles. The summed E-state index contributed by atoms with van der Waals surface area (Å²) in [6.07, 6.45) is 1.34. The molecular weight excluding hydrogens is 512 g/mol. The molecule has 3 N–H and O–H groups in total. The van der Waals surface area contributed by atoms with E-state index in [2.05, 4.69) is 37.1 Å². The third-order valence-electron chi connectivity index (χ3n) is 5.05. The van der Waals surface area contributed by atoms with Crippen molar-refractivity contribution < 1.29 is 19.1 Å². The zero-order valence-corrected chi connectivity index (χ0v) is 21.1. The molecule has 8 nitrogen and oxygen atoms in total. The van der Waals surface area contributed by atoms with Crippen LogP contribution in [-0.2, 0) is 14.4 Å². The third-order valence-corrected chi connectivity index (χ3v) is 5.54. The molecule has 0 saturated heterocycles. The van der Waals surface area contributed by atoms with Gasteiger partial charge in [-0.15, -0.1) is 0 Å². The lowest BCUT2D eigenvalue weighted by Crippen LogP contribution is -2.32. The van der Waals surface area contributed by atoms with Crippen LogP contribution >= 0.6 is 15.9 Å². The SMILES string of the molecule is Cc1ccccc1NC(=O)COc1ccc(Br)cc1/C=N\NC(=O)C(=O)Nc1c(C)cccc1C. The highest BCUT2D eigenvalue weighted by molar-refractivity contribution is 9.10. The molecule has 0 aliphatic carbocycles. The molecule has 3 rings (SSSR count). The van der Waals surface area contributed by atoms with Crippen molar-refractivity contribution in [3.63, 3.8) is 0 Å². The number of nitrogens with one attached hydrogen (secondary N) is 3. The average Bonchev–Trinajstić information content (AvgIpc) is 2.82. The molecule has 0 heterocycles. The lowest BCUT2D eigenvalue weighted by atomic mass is 10.1. The second-order valence-electron chi connectivity index (χ2n) is 7.75. The number of anilines is 2. The third kappa shape index (κ3) is 7.25. The average molecular weight is 537 g/mol. The van der Waals surface area contributed by atoms with Crippen molar-refractivity contribution in [2.45, 2.75) is 20.8 Å². The Hall–Kier alpha value is -3.98. The zero-order valence-electron chi connectivity index (χ0n) is 19.5. The highest BCUT2D eigenvalue weighted by Crippen LogP contribution is 2.22. The molecule has 0 aliphatic rings. The molecule has 3 aromatic rings. The van der Waals surface area contributed by atoms with E-state index in [1.54, 1.807) is 18.2 Å². The molecule has 0 aromatic heterocycles. The van der Waals surface area contributed by atoms with Crippen molar-refractivity contribution in [2.75, 3.05) is 17.2 Å². The molecule has 0 aliphatic heterocycles. The monoisotopic (exact) mass is 536 g/mol. The number of hydrogen-bond acceptors (Lipinski definition) is 5. The number of hydrazone groups is 1. The number of rotatable bonds is 7. The Balaban J connectivity index is 1.60. The minimum Gasteiger partial charge on any atom is -0.483 e. The Kier molecular flexibility index (Phi) is 8.74. The predicted molar refractivity (Wildman–Crippen MR) is 140 cm³/mol. The summed E-state index contributed by atoms with van der Waals surface area (Å²) in [6.45, 7) is 5.36. The van der Waals surface area contributed by atoms with Gasteiger partial charge in [0.05, 0.1) is 6.21 Å². The molecule has 0 atom stereocenters. The highest BCUT2D eigenvalue weighted by Gasteiger charge is 2.15. The van der Waals surface area contributed by atoms with Gasteiger partial charge in [0.15, 0.2) is 6.61 Å². The number of amides is 3. The molecule has 35 heavy (non-hydrogen) atoms. The Morgan fingerprint density at radius 2 is 1.57 bits per heavy atom. The Labute approximate surface area is 211 Å². The van der Waals surface area contributed by atoms with Crippen LogP contribution in [0.25, 0.3) is 0 Å². The maximum atomic E-state index is 12.3. The first kappa shape index (κ1) is 25.6. The molecule has 0 bridgehead atoms. The molecule has 3 amide bonds. The standard InChI is InChI=1S/C26H25BrN4O4/c1-16-7-4-5-10-21(16)29-23(32)15-35-22-12-11-20(27)13-19(22)14-28-31-26(34)25(33)30-24-17(2)8-6-9-18(24)3/h4-14H,15H2,1-3H3,(H,29,32)(H,30,33)(H,31,34)/b28-14-. The summed E-state index contributed by atoms with van der Waals surface area (Å²) < 4.78 is 6.41. The minimum atomic E-state index is -0.918. The highest BCUT2D eigenvalue weighted by atomic mass is 79.9. The van der Waals surface area contributed by atoms with Gasteiger partial charge < -0.3 is 15.4 Å². The van der Waals surface area contributed by atoms with Crippen LogP contribution in [0.5, 0.6) is 5.75 Å². The van der Waals surface area contributed by atoms with Crippen molar-refractivity contribution >= 4 is 51.2 Å². The van der Waals surface area contributed by atoms with Crippen LogP contribution in [0.1, 0.15) is 22.3 Å². The predicted octanol–water partition coefficient (Wildman–Crippen LogP) is 4.48. The number of ether oxygens (including phenoxy) is 1. The van der Waals surface area contributed by atoms with E-state index in [0.29, 0.717) is 22.7 Å². The molecule has 3 aromatic carbocycles. The fourth-order valence-electron chi connectivity index (χ4n) is 3.19. The largest absolute Gasteiger partial charge is 0.483 e. The van der Waals surface area contributed by atoms with Gasteiger partial charge in [-0.05, 0) is 61.7 Å². The summed E-state index contributed by atoms with van der Waals surface area (Å²) in [5, 5.41) is 9.27. The van der Waals surface area contributed by atoms with Crippen molar-refractivity contribution in [2.24, 2.45) is 5.10 Å². The van der Waals surface area contributed by atoms with Crippen molar-refractivity contribution in [3.8, 4) is 5.75 Å². The summed E-state index contributed by atoms with van der Waals surface area (Å²) in [7, 11) is 0. The van der Waals surface area contributed by atoms with Crippen molar-refractivity contribution in [3.05, 3.63) is 87.4 Å². The normalized spacial score (nSPS) is 10.6. The van der Waals surface area contributed by atoms with Crippen LogP contribution in [-0.4, -0.2) is 30.5 Å². The van der Waals surface area contributed by atoms with E-state index >= 15 is 0 Å². The summed E-state index contributed by atoms with van der Waals surface area (Å²) in [5.74, 6) is -1.69. The number of halogens is 1. The number of nitrogens with zero attached hydrogens (tertiary/aromatic N) is 1. The number of carbonyl (C=O) groups is 3. The van der Waals surface area contributed by atoms with Crippen LogP contribution in [0.3, 0.4) is 0 Å². The second kappa shape index (κ2) is 11.9. The van der Waals surface area contributed by atoms with Crippen LogP contribution in [0.2, 0.25) is 0 Å². The fraction of sp³-hybridized carbons (Fsp3) is 0.154. The molecule has 180 valence electrons. The lowest BCUT2D eigenvalue weighted by Gasteiger charge is -2.11. The summed E-state index contributed by atoms with van der Waals surface area (Å²) in [5.41, 5.74) is 6.63.